The normalized spacial score (nSPS) is 10.1. The summed E-state index contributed by atoms with van der Waals surface area (Å²) >= 11 is 3.44. The van der Waals surface area contributed by atoms with Crippen LogP contribution in [0.3, 0.4) is 0 Å². The molecule has 1 heterocycles. The zero-order chi connectivity index (χ0) is 12.3. The molecule has 0 unspecified atom stereocenters. The second-order valence-electron chi connectivity index (χ2n) is 3.51. The van der Waals surface area contributed by atoms with E-state index in [0.717, 1.165) is 15.8 Å². The molecule has 0 fully saturated rings. The largest absolute Gasteiger partial charge is 0.437 e. The van der Waals surface area contributed by atoms with Gasteiger partial charge in [0, 0.05) is 11.5 Å². The number of benzene rings is 1. The van der Waals surface area contributed by atoms with Crippen LogP contribution < -0.4 is 10.1 Å². The van der Waals surface area contributed by atoms with Crippen molar-refractivity contribution < 1.29 is 4.74 Å². The van der Waals surface area contributed by atoms with Gasteiger partial charge in [-0.1, -0.05) is 15.9 Å². The van der Waals surface area contributed by atoms with E-state index in [9.17, 15) is 0 Å². The van der Waals surface area contributed by atoms with Crippen LogP contribution in [0.15, 0.2) is 35.1 Å². The third-order valence-electron chi connectivity index (χ3n) is 2.22. The molecular formula is C12H12BrN3O. The van der Waals surface area contributed by atoms with Crippen molar-refractivity contribution in [3.05, 3.63) is 40.6 Å². The number of nitrogens with one attached hydrogen (secondary N) is 1. The predicted molar refractivity (Wildman–Crippen MR) is 70.5 cm³/mol. The van der Waals surface area contributed by atoms with Gasteiger partial charge in [0.15, 0.2) is 0 Å². The van der Waals surface area contributed by atoms with Crippen molar-refractivity contribution in [1.82, 2.24) is 9.97 Å². The first-order valence-corrected chi connectivity index (χ1v) is 5.92. The Morgan fingerprint density at radius 2 is 2.12 bits per heavy atom. The lowest BCUT2D eigenvalue weighted by atomic mass is 10.2. The number of aromatic nitrogens is 2. The standard InChI is InChI=1S/C12H12BrN3O/c1-8-5-9(3-4-10(8)13)17-12-7-15-6-11(14-2)16-12/h3-7H,1-2H3,(H,14,16). The molecule has 0 aliphatic carbocycles. The number of anilines is 1. The molecule has 0 bridgehead atoms. The first kappa shape index (κ1) is 11.9. The van der Waals surface area contributed by atoms with Gasteiger partial charge in [-0.05, 0) is 30.7 Å². The molecule has 2 rings (SSSR count). The van der Waals surface area contributed by atoms with Gasteiger partial charge in [-0.2, -0.15) is 4.98 Å². The second kappa shape index (κ2) is 5.14. The van der Waals surface area contributed by atoms with E-state index in [1.807, 2.05) is 25.1 Å². The Kier molecular flexibility index (Phi) is 3.58. The average molecular weight is 294 g/mol. The van der Waals surface area contributed by atoms with Crippen LogP contribution in [0.25, 0.3) is 0 Å². The van der Waals surface area contributed by atoms with E-state index in [2.05, 4.69) is 31.2 Å². The van der Waals surface area contributed by atoms with Gasteiger partial charge in [-0.15, -0.1) is 0 Å². The Balaban J connectivity index is 2.22. The molecule has 0 aliphatic heterocycles. The molecule has 1 aromatic heterocycles. The fourth-order valence-electron chi connectivity index (χ4n) is 1.32. The summed E-state index contributed by atoms with van der Waals surface area (Å²) in [5.74, 6) is 1.89. The van der Waals surface area contributed by atoms with E-state index < -0.39 is 0 Å². The van der Waals surface area contributed by atoms with Crippen molar-refractivity contribution in [3.63, 3.8) is 0 Å². The number of halogens is 1. The molecule has 0 atom stereocenters. The van der Waals surface area contributed by atoms with Gasteiger partial charge in [0.25, 0.3) is 0 Å². The number of ether oxygens (including phenoxy) is 1. The maximum Gasteiger partial charge on any atom is 0.239 e. The maximum atomic E-state index is 5.62. The van der Waals surface area contributed by atoms with Crippen LogP contribution in [0.5, 0.6) is 11.6 Å². The van der Waals surface area contributed by atoms with Crippen molar-refractivity contribution >= 4 is 21.7 Å². The average Bonchev–Trinajstić information content (AvgIpc) is 2.34. The van der Waals surface area contributed by atoms with Crippen LogP contribution >= 0.6 is 15.9 Å². The van der Waals surface area contributed by atoms with E-state index in [4.69, 9.17) is 4.74 Å². The molecule has 1 aromatic carbocycles. The molecule has 0 saturated heterocycles. The summed E-state index contributed by atoms with van der Waals surface area (Å²) in [6.45, 7) is 2.01. The monoisotopic (exact) mass is 293 g/mol. The first-order valence-electron chi connectivity index (χ1n) is 5.13. The summed E-state index contributed by atoms with van der Waals surface area (Å²) < 4.78 is 6.68. The van der Waals surface area contributed by atoms with E-state index in [0.29, 0.717) is 11.7 Å². The van der Waals surface area contributed by atoms with E-state index in [-0.39, 0.29) is 0 Å². The lowest BCUT2D eigenvalue weighted by molar-refractivity contribution is 0.460. The van der Waals surface area contributed by atoms with E-state index in [1.54, 1.807) is 19.4 Å². The number of hydrogen-bond donors (Lipinski definition) is 1. The first-order chi connectivity index (χ1) is 8.19. The van der Waals surface area contributed by atoms with Gasteiger partial charge in [0.05, 0.1) is 12.4 Å². The van der Waals surface area contributed by atoms with Gasteiger partial charge >= 0.3 is 0 Å². The molecule has 0 aliphatic rings. The van der Waals surface area contributed by atoms with Crippen molar-refractivity contribution in [3.8, 4) is 11.6 Å². The van der Waals surface area contributed by atoms with Crippen LogP contribution in [0.1, 0.15) is 5.56 Å². The van der Waals surface area contributed by atoms with Crippen molar-refractivity contribution in [2.75, 3.05) is 12.4 Å². The second-order valence-corrected chi connectivity index (χ2v) is 4.36. The van der Waals surface area contributed by atoms with Crippen molar-refractivity contribution in [2.45, 2.75) is 6.92 Å². The fraction of sp³-hybridized carbons (Fsp3) is 0.167. The number of nitrogens with zero attached hydrogens (tertiary/aromatic N) is 2. The molecule has 88 valence electrons. The molecule has 0 amide bonds. The summed E-state index contributed by atoms with van der Waals surface area (Å²) in [7, 11) is 1.79. The molecule has 1 N–H and O–H groups in total. The number of aryl methyl sites for hydroxylation is 1. The van der Waals surface area contributed by atoms with E-state index in [1.165, 1.54) is 0 Å². The van der Waals surface area contributed by atoms with Crippen LogP contribution in [0.4, 0.5) is 5.82 Å². The lowest BCUT2D eigenvalue weighted by Crippen LogP contribution is -1.95. The predicted octanol–water partition coefficient (Wildman–Crippen LogP) is 3.38. The maximum absolute atomic E-state index is 5.62. The van der Waals surface area contributed by atoms with Crippen LogP contribution in [-0.2, 0) is 0 Å². The third kappa shape index (κ3) is 2.94. The zero-order valence-corrected chi connectivity index (χ0v) is 11.2. The van der Waals surface area contributed by atoms with Crippen LogP contribution in [0, 0.1) is 6.92 Å². The van der Waals surface area contributed by atoms with Crippen molar-refractivity contribution in [1.29, 1.82) is 0 Å². The van der Waals surface area contributed by atoms with Crippen LogP contribution in [-0.4, -0.2) is 17.0 Å². The van der Waals surface area contributed by atoms with Crippen molar-refractivity contribution in [2.24, 2.45) is 0 Å². The summed E-state index contributed by atoms with van der Waals surface area (Å²) in [6.07, 6.45) is 3.22. The summed E-state index contributed by atoms with van der Waals surface area (Å²) in [4.78, 5) is 8.26. The van der Waals surface area contributed by atoms with Gasteiger partial charge in [0.1, 0.15) is 11.6 Å². The molecule has 0 saturated carbocycles. The molecular weight excluding hydrogens is 282 g/mol. The summed E-state index contributed by atoms with van der Waals surface area (Å²) in [5, 5.41) is 2.91. The fourth-order valence-corrected chi connectivity index (χ4v) is 1.57. The molecule has 2 aromatic rings. The van der Waals surface area contributed by atoms with Gasteiger partial charge < -0.3 is 10.1 Å². The Morgan fingerprint density at radius 3 is 2.82 bits per heavy atom. The quantitative estimate of drug-likeness (QED) is 0.942. The minimum Gasteiger partial charge on any atom is -0.437 e. The zero-order valence-electron chi connectivity index (χ0n) is 9.57. The van der Waals surface area contributed by atoms with Crippen LogP contribution in [0.2, 0.25) is 0 Å². The Hall–Kier alpha value is -1.62. The molecule has 4 nitrogen and oxygen atoms in total. The minimum atomic E-state index is 0.471. The SMILES string of the molecule is CNc1cncc(Oc2ccc(Br)c(C)c2)n1. The topological polar surface area (TPSA) is 47.0 Å². The Labute approximate surface area is 108 Å². The molecule has 17 heavy (non-hydrogen) atoms. The highest BCUT2D eigenvalue weighted by Gasteiger charge is 2.02. The highest BCUT2D eigenvalue weighted by atomic mass is 79.9. The summed E-state index contributed by atoms with van der Waals surface area (Å²) in [5.41, 5.74) is 1.11. The van der Waals surface area contributed by atoms with Gasteiger partial charge in [-0.25, -0.2) is 0 Å². The highest BCUT2D eigenvalue weighted by Crippen LogP contribution is 2.25. The third-order valence-corrected chi connectivity index (χ3v) is 3.11. The number of hydrogen-bond acceptors (Lipinski definition) is 4. The molecule has 0 radical (unpaired) electrons. The smallest absolute Gasteiger partial charge is 0.239 e. The van der Waals surface area contributed by atoms with Gasteiger partial charge in [-0.3, -0.25) is 4.98 Å². The lowest BCUT2D eigenvalue weighted by Gasteiger charge is -2.07. The van der Waals surface area contributed by atoms with Gasteiger partial charge in [0.2, 0.25) is 5.88 Å². The summed E-state index contributed by atoms with van der Waals surface area (Å²) in [6, 6.07) is 5.77. The number of rotatable bonds is 3. The Morgan fingerprint density at radius 1 is 1.29 bits per heavy atom. The molecule has 5 heteroatoms. The van der Waals surface area contributed by atoms with E-state index >= 15 is 0 Å². The highest BCUT2D eigenvalue weighted by molar-refractivity contribution is 9.10. The minimum absolute atomic E-state index is 0.471. The Bertz CT molecular complexity index is 531. The molecule has 0 spiro atoms.